The van der Waals surface area contributed by atoms with Crippen molar-refractivity contribution in [3.8, 4) is 0 Å². The van der Waals surface area contributed by atoms with E-state index in [1.54, 1.807) is 11.9 Å². The number of nitrogens with zero attached hydrogens (tertiary/aromatic N) is 2. The molecule has 0 atom stereocenters. The van der Waals surface area contributed by atoms with E-state index in [2.05, 4.69) is 23.4 Å². The molecule has 37 heavy (non-hydrogen) atoms. The normalized spacial score (nSPS) is 11.1. The molecule has 0 aliphatic carbocycles. The number of thiol groups is 1. The van der Waals surface area contributed by atoms with E-state index >= 15 is 0 Å². The summed E-state index contributed by atoms with van der Waals surface area (Å²) in [5.41, 5.74) is -0.0918. The molecule has 3 amide bonds. The number of rotatable bonds is 8. The smallest absolute Gasteiger partial charge is 0.375 e. The van der Waals surface area contributed by atoms with E-state index in [1.807, 2.05) is 6.92 Å². The highest BCUT2D eigenvalue weighted by Gasteiger charge is 2.32. The Labute approximate surface area is 217 Å². The molecular weight excluding hydrogens is 508 g/mol. The molecule has 0 unspecified atom stereocenters. The van der Waals surface area contributed by atoms with Crippen molar-refractivity contribution in [3.05, 3.63) is 83.7 Å². The molecule has 6 nitrogen and oxygen atoms in total. The van der Waals surface area contributed by atoms with Crippen LogP contribution in [0.25, 0.3) is 0 Å². The van der Waals surface area contributed by atoms with Crippen LogP contribution < -0.4 is 19.8 Å². The molecule has 3 aromatic rings. The molecular formula is C26H26F4N4O2S. The van der Waals surface area contributed by atoms with Crippen LogP contribution in [0.5, 0.6) is 0 Å². The lowest BCUT2D eigenvalue weighted by Gasteiger charge is -2.23. The van der Waals surface area contributed by atoms with E-state index in [9.17, 15) is 27.2 Å². The van der Waals surface area contributed by atoms with E-state index in [0.29, 0.717) is 17.9 Å². The summed E-state index contributed by atoms with van der Waals surface area (Å²) in [6, 6.07) is 14.0. The quantitative estimate of drug-likeness (QED) is 0.211. The van der Waals surface area contributed by atoms with Gasteiger partial charge in [0.15, 0.2) is 0 Å². The zero-order valence-corrected chi connectivity index (χ0v) is 21.0. The van der Waals surface area contributed by atoms with E-state index in [0.717, 1.165) is 29.3 Å². The maximum Gasteiger partial charge on any atom is 0.416 e. The first kappa shape index (κ1) is 27.9. The van der Waals surface area contributed by atoms with Crippen LogP contribution in [-0.2, 0) is 6.18 Å². The van der Waals surface area contributed by atoms with Gasteiger partial charge in [-0.2, -0.15) is 13.2 Å². The topological polar surface area (TPSA) is 64.7 Å². The summed E-state index contributed by atoms with van der Waals surface area (Å²) in [4.78, 5) is 26.7. The molecule has 2 N–H and O–H groups in total. The van der Waals surface area contributed by atoms with Crippen LogP contribution >= 0.6 is 12.8 Å². The summed E-state index contributed by atoms with van der Waals surface area (Å²) >= 11 is 4.17. The first-order valence-electron chi connectivity index (χ1n) is 11.4. The largest absolute Gasteiger partial charge is 0.416 e. The van der Waals surface area contributed by atoms with Gasteiger partial charge in [-0.25, -0.2) is 13.5 Å². The Morgan fingerprint density at radius 2 is 1.59 bits per heavy atom. The summed E-state index contributed by atoms with van der Waals surface area (Å²) < 4.78 is 55.2. The standard InChI is InChI=1S/C26H26F4N4O2S/c1-3-4-13-33(2)21-15-17(26(28,29)30)14-19(16-21)32-25(36)34(37)20-11-9-18(10-12-20)31-24(35)22-7-5-6-8-23(22)27/h5-12,14-16,37H,3-4,13H2,1-2H3,(H,31,35)(H,32,36). The number of hydrogen-bond donors (Lipinski definition) is 3. The van der Waals surface area contributed by atoms with Crippen molar-refractivity contribution < 1.29 is 27.2 Å². The van der Waals surface area contributed by atoms with Crippen LogP contribution in [0.4, 0.5) is 45.1 Å². The molecule has 0 fully saturated rings. The average molecular weight is 535 g/mol. The summed E-state index contributed by atoms with van der Waals surface area (Å²) in [5.74, 6) is -1.31. The molecule has 196 valence electrons. The minimum absolute atomic E-state index is 0.0361. The predicted molar refractivity (Wildman–Crippen MR) is 141 cm³/mol. The number of nitrogens with one attached hydrogen (secondary N) is 2. The Hall–Kier alpha value is -3.73. The Bertz CT molecular complexity index is 1250. The minimum atomic E-state index is -4.59. The second kappa shape index (κ2) is 12.0. The van der Waals surface area contributed by atoms with Gasteiger partial charge in [-0.1, -0.05) is 38.3 Å². The fourth-order valence-corrected chi connectivity index (χ4v) is 3.60. The van der Waals surface area contributed by atoms with E-state index in [4.69, 9.17) is 0 Å². The Morgan fingerprint density at radius 3 is 2.22 bits per heavy atom. The summed E-state index contributed by atoms with van der Waals surface area (Å²) in [6.45, 7) is 2.54. The molecule has 0 aliphatic heterocycles. The SMILES string of the molecule is CCCCN(C)c1cc(NC(=O)N(S)c2ccc(NC(=O)c3ccccc3F)cc2)cc(C(F)(F)F)c1. The third-order valence-corrected chi connectivity index (χ3v) is 5.88. The van der Waals surface area contributed by atoms with Crippen molar-refractivity contribution in [2.24, 2.45) is 0 Å². The van der Waals surface area contributed by atoms with Crippen LogP contribution in [-0.4, -0.2) is 25.5 Å². The molecule has 0 bridgehead atoms. The second-order valence-corrected chi connectivity index (χ2v) is 8.66. The fourth-order valence-electron chi connectivity index (χ4n) is 3.42. The zero-order valence-electron chi connectivity index (χ0n) is 20.1. The lowest BCUT2D eigenvalue weighted by molar-refractivity contribution is -0.137. The number of alkyl halides is 3. The molecule has 0 saturated carbocycles. The highest BCUT2D eigenvalue weighted by atomic mass is 32.1. The van der Waals surface area contributed by atoms with Crippen molar-refractivity contribution in [2.75, 3.05) is 33.4 Å². The number of urea groups is 1. The van der Waals surface area contributed by atoms with Crippen LogP contribution in [0.3, 0.4) is 0 Å². The van der Waals surface area contributed by atoms with Gasteiger partial charge in [-0.15, -0.1) is 0 Å². The molecule has 3 aromatic carbocycles. The van der Waals surface area contributed by atoms with E-state index in [1.165, 1.54) is 54.6 Å². The lowest BCUT2D eigenvalue weighted by atomic mass is 10.1. The fraction of sp³-hybridized carbons (Fsp3) is 0.231. The van der Waals surface area contributed by atoms with Crippen molar-refractivity contribution in [3.63, 3.8) is 0 Å². The van der Waals surface area contributed by atoms with Gasteiger partial charge in [-0.3, -0.25) is 4.79 Å². The average Bonchev–Trinajstić information content (AvgIpc) is 2.86. The number of benzene rings is 3. The number of anilines is 4. The summed E-state index contributed by atoms with van der Waals surface area (Å²) in [5, 5.41) is 5.00. The number of carbonyl (C=O) groups excluding carboxylic acids is 2. The van der Waals surface area contributed by atoms with Gasteiger partial charge in [0.2, 0.25) is 0 Å². The van der Waals surface area contributed by atoms with E-state index in [-0.39, 0.29) is 16.9 Å². The predicted octanol–water partition coefficient (Wildman–Crippen LogP) is 7.22. The van der Waals surface area contributed by atoms with Gasteiger partial charge in [0, 0.05) is 30.7 Å². The number of halogens is 4. The summed E-state index contributed by atoms with van der Waals surface area (Å²) in [6.07, 6.45) is -2.91. The molecule has 0 spiro atoms. The molecule has 0 saturated heterocycles. The molecule has 0 heterocycles. The summed E-state index contributed by atoms with van der Waals surface area (Å²) in [7, 11) is 1.69. The van der Waals surface area contributed by atoms with Gasteiger partial charge in [0.25, 0.3) is 5.91 Å². The molecule has 0 aliphatic rings. The highest BCUT2D eigenvalue weighted by Crippen LogP contribution is 2.34. The van der Waals surface area contributed by atoms with Crippen molar-refractivity contribution in [1.82, 2.24) is 0 Å². The number of hydrogen-bond acceptors (Lipinski definition) is 4. The first-order valence-corrected chi connectivity index (χ1v) is 11.8. The third-order valence-electron chi connectivity index (χ3n) is 5.46. The van der Waals surface area contributed by atoms with Crippen molar-refractivity contribution >= 4 is 47.5 Å². The van der Waals surface area contributed by atoms with E-state index < -0.39 is 29.5 Å². The number of unbranched alkanes of at least 4 members (excludes halogenated alkanes) is 1. The van der Waals surface area contributed by atoms with Gasteiger partial charge in [-0.05, 0) is 61.0 Å². The van der Waals surface area contributed by atoms with Gasteiger partial charge >= 0.3 is 12.2 Å². The first-order chi connectivity index (χ1) is 17.5. The third kappa shape index (κ3) is 7.39. The second-order valence-electron chi connectivity index (χ2n) is 8.26. The molecule has 3 rings (SSSR count). The Morgan fingerprint density at radius 1 is 0.919 bits per heavy atom. The van der Waals surface area contributed by atoms with Gasteiger partial charge < -0.3 is 15.5 Å². The van der Waals surface area contributed by atoms with Crippen molar-refractivity contribution in [1.29, 1.82) is 0 Å². The highest BCUT2D eigenvalue weighted by molar-refractivity contribution is 7.82. The zero-order chi connectivity index (χ0) is 27.2. The van der Waals surface area contributed by atoms with Crippen molar-refractivity contribution in [2.45, 2.75) is 25.9 Å². The Balaban J connectivity index is 1.73. The molecule has 0 radical (unpaired) electrons. The minimum Gasteiger partial charge on any atom is -0.375 e. The van der Waals surface area contributed by atoms with Crippen LogP contribution in [0.15, 0.2) is 66.7 Å². The van der Waals surface area contributed by atoms with Gasteiger partial charge in [0.1, 0.15) is 5.82 Å². The monoisotopic (exact) mass is 534 g/mol. The maximum absolute atomic E-state index is 13.8. The number of carbonyl (C=O) groups is 2. The van der Waals surface area contributed by atoms with Crippen LogP contribution in [0.2, 0.25) is 0 Å². The lowest BCUT2D eigenvalue weighted by Crippen LogP contribution is -2.27. The molecule has 0 aromatic heterocycles. The van der Waals surface area contributed by atoms with Crippen LogP contribution in [0.1, 0.15) is 35.7 Å². The Kier molecular flexibility index (Phi) is 9.04. The maximum atomic E-state index is 13.8. The van der Waals surface area contributed by atoms with Gasteiger partial charge in [0.05, 0.1) is 16.8 Å². The number of amides is 3. The molecule has 11 heteroatoms. The van der Waals surface area contributed by atoms with Crippen LogP contribution in [0, 0.1) is 5.82 Å².